The number of methoxy groups -OCH3 is 1. The molecular formula is C38H40Cl3N3O5S. The van der Waals surface area contributed by atoms with Crippen LogP contribution < -0.4 is 14.4 Å². The number of nitrogens with one attached hydrogen (secondary N) is 1. The molecular weight excluding hydrogens is 717 g/mol. The number of rotatable bonds is 13. The molecule has 0 heterocycles. The number of carbonyl (C=O) groups excluding carboxylic acids is 2. The summed E-state index contributed by atoms with van der Waals surface area (Å²) in [4.78, 5) is 30.6. The van der Waals surface area contributed by atoms with Gasteiger partial charge in [-0.3, -0.25) is 13.9 Å². The maximum Gasteiger partial charge on any atom is 0.264 e. The van der Waals surface area contributed by atoms with Gasteiger partial charge in [0.15, 0.2) is 0 Å². The highest BCUT2D eigenvalue weighted by Crippen LogP contribution is 2.36. The Bertz CT molecular complexity index is 1880. The Kier molecular flexibility index (Phi) is 12.7. The number of anilines is 1. The number of ether oxygens (including phenoxy) is 1. The van der Waals surface area contributed by atoms with E-state index in [0.29, 0.717) is 15.6 Å². The van der Waals surface area contributed by atoms with E-state index in [1.807, 2.05) is 37.3 Å². The second kappa shape index (κ2) is 17.0. The van der Waals surface area contributed by atoms with Gasteiger partial charge < -0.3 is 15.0 Å². The number of sulfonamides is 1. The van der Waals surface area contributed by atoms with Gasteiger partial charge in [-0.05, 0) is 67.8 Å². The van der Waals surface area contributed by atoms with Crippen LogP contribution in [0.5, 0.6) is 5.75 Å². The van der Waals surface area contributed by atoms with Crippen LogP contribution in [-0.2, 0) is 32.6 Å². The smallest absolute Gasteiger partial charge is 0.264 e. The van der Waals surface area contributed by atoms with Crippen molar-refractivity contribution in [1.29, 1.82) is 0 Å². The van der Waals surface area contributed by atoms with E-state index >= 15 is 0 Å². The number of hydrogen-bond donors (Lipinski definition) is 1. The van der Waals surface area contributed by atoms with Gasteiger partial charge in [-0.2, -0.15) is 0 Å². The molecule has 4 aromatic rings. The number of amides is 2. The fourth-order valence-electron chi connectivity index (χ4n) is 6.16. The minimum absolute atomic E-state index is 0.0329. The average Bonchev–Trinajstić information content (AvgIpc) is 3.10. The summed E-state index contributed by atoms with van der Waals surface area (Å²) < 4.78 is 35.4. The topological polar surface area (TPSA) is 96.0 Å². The molecule has 1 N–H and O–H groups in total. The summed E-state index contributed by atoms with van der Waals surface area (Å²) in [6, 6.07) is 24.2. The van der Waals surface area contributed by atoms with Gasteiger partial charge in [0.05, 0.1) is 17.7 Å². The maximum atomic E-state index is 14.9. The van der Waals surface area contributed by atoms with Crippen molar-refractivity contribution in [3.63, 3.8) is 0 Å². The monoisotopic (exact) mass is 755 g/mol. The Balaban J connectivity index is 1.63. The molecule has 0 aromatic heterocycles. The largest absolute Gasteiger partial charge is 0.495 e. The van der Waals surface area contributed by atoms with E-state index in [1.165, 1.54) is 36.3 Å². The van der Waals surface area contributed by atoms with E-state index in [0.717, 1.165) is 47.5 Å². The fourth-order valence-corrected chi connectivity index (χ4v) is 8.26. The van der Waals surface area contributed by atoms with E-state index in [2.05, 4.69) is 5.32 Å². The molecule has 5 rings (SSSR count). The van der Waals surface area contributed by atoms with E-state index in [4.69, 9.17) is 39.5 Å². The Morgan fingerprint density at radius 1 is 0.880 bits per heavy atom. The van der Waals surface area contributed by atoms with E-state index < -0.39 is 28.5 Å². The second-order valence-corrected chi connectivity index (χ2v) is 15.5. The van der Waals surface area contributed by atoms with E-state index in [1.54, 1.807) is 36.4 Å². The Hall–Kier alpha value is -3.76. The number of hydrogen-bond acceptors (Lipinski definition) is 5. The molecule has 1 saturated carbocycles. The van der Waals surface area contributed by atoms with Crippen LogP contribution in [0.15, 0.2) is 95.9 Å². The first-order valence-corrected chi connectivity index (χ1v) is 19.0. The first-order valence-electron chi connectivity index (χ1n) is 16.5. The van der Waals surface area contributed by atoms with Gasteiger partial charge in [0, 0.05) is 39.6 Å². The quantitative estimate of drug-likeness (QED) is 0.148. The lowest BCUT2D eigenvalue weighted by Gasteiger charge is -2.35. The molecule has 0 unspecified atom stereocenters. The lowest BCUT2D eigenvalue weighted by Crippen LogP contribution is -2.55. The zero-order valence-corrected chi connectivity index (χ0v) is 31.0. The SMILES string of the molecule is COc1ccc(Cl)cc1N(CC(=O)N(Cc1c(Cl)cccc1Cl)[C@H](Cc1ccccc1)C(=O)NC1CCCCC1)S(=O)(=O)c1ccc(C)cc1. The Morgan fingerprint density at radius 2 is 1.54 bits per heavy atom. The molecule has 8 nitrogen and oxygen atoms in total. The van der Waals surface area contributed by atoms with Crippen molar-refractivity contribution in [2.24, 2.45) is 0 Å². The number of benzene rings is 4. The summed E-state index contributed by atoms with van der Waals surface area (Å²) in [7, 11) is -2.97. The molecule has 1 aliphatic carbocycles. The molecule has 0 aliphatic heterocycles. The highest BCUT2D eigenvalue weighted by atomic mass is 35.5. The molecule has 50 heavy (non-hydrogen) atoms. The molecule has 0 saturated heterocycles. The standard InChI is InChI=1S/C38H40Cl3N3O5S/c1-26-16-19-30(20-17-26)50(47,48)44(34-23-28(39)18-21-36(34)49-2)25-37(45)43(24-31-32(40)14-9-15-33(31)41)35(22-27-10-5-3-6-11-27)38(46)42-29-12-7-4-8-13-29/h3,5-6,9-11,14-21,23,29,35H,4,7-8,12-13,22,24-25H2,1-2H3,(H,42,46)/t35-/m1/s1. The zero-order chi connectivity index (χ0) is 35.8. The predicted molar refractivity (Wildman–Crippen MR) is 200 cm³/mol. The van der Waals surface area contributed by atoms with Crippen LogP contribution in [0.3, 0.4) is 0 Å². The third kappa shape index (κ3) is 9.12. The molecule has 264 valence electrons. The van der Waals surface area contributed by atoms with Gasteiger partial charge >= 0.3 is 0 Å². The number of halogens is 3. The van der Waals surface area contributed by atoms with Crippen LogP contribution in [0, 0.1) is 6.92 Å². The van der Waals surface area contributed by atoms with Gasteiger partial charge in [-0.25, -0.2) is 8.42 Å². The van der Waals surface area contributed by atoms with Crippen LogP contribution in [-0.4, -0.2) is 50.9 Å². The molecule has 1 aliphatic rings. The van der Waals surface area contributed by atoms with Crippen LogP contribution in [0.4, 0.5) is 5.69 Å². The van der Waals surface area contributed by atoms with Crippen molar-refractivity contribution in [3.8, 4) is 5.75 Å². The van der Waals surface area contributed by atoms with Gasteiger partial charge in [0.1, 0.15) is 18.3 Å². The highest BCUT2D eigenvalue weighted by Gasteiger charge is 2.37. The first-order chi connectivity index (χ1) is 24.0. The summed E-state index contributed by atoms with van der Waals surface area (Å²) in [6.07, 6.45) is 4.95. The van der Waals surface area contributed by atoms with Crippen LogP contribution in [0.25, 0.3) is 0 Å². The summed E-state index contributed by atoms with van der Waals surface area (Å²) in [6.45, 7) is 1.01. The third-order valence-electron chi connectivity index (χ3n) is 8.91. The fraction of sp³-hybridized carbons (Fsp3) is 0.316. The Labute approximate surface area is 309 Å². The highest BCUT2D eigenvalue weighted by molar-refractivity contribution is 7.92. The summed E-state index contributed by atoms with van der Waals surface area (Å²) in [5.41, 5.74) is 2.18. The molecule has 0 spiro atoms. The summed E-state index contributed by atoms with van der Waals surface area (Å²) in [5, 5.41) is 4.05. The molecule has 12 heteroatoms. The van der Waals surface area contributed by atoms with Crippen LogP contribution >= 0.6 is 34.8 Å². The molecule has 1 atom stereocenters. The van der Waals surface area contributed by atoms with Crippen molar-refractivity contribution in [1.82, 2.24) is 10.2 Å². The van der Waals surface area contributed by atoms with E-state index in [9.17, 15) is 18.0 Å². The Morgan fingerprint density at radius 3 is 2.18 bits per heavy atom. The molecule has 0 bridgehead atoms. The predicted octanol–water partition coefficient (Wildman–Crippen LogP) is 8.25. The summed E-state index contributed by atoms with van der Waals surface area (Å²) in [5.74, 6) is -0.807. The molecule has 4 aromatic carbocycles. The minimum atomic E-state index is -4.37. The zero-order valence-electron chi connectivity index (χ0n) is 27.9. The van der Waals surface area contributed by atoms with Crippen molar-refractivity contribution < 1.29 is 22.7 Å². The second-order valence-electron chi connectivity index (χ2n) is 12.4. The van der Waals surface area contributed by atoms with Crippen molar-refractivity contribution >= 4 is 62.3 Å². The lowest BCUT2D eigenvalue weighted by molar-refractivity contribution is -0.140. The molecule has 2 amide bonds. The number of carbonyl (C=O) groups is 2. The van der Waals surface area contributed by atoms with Gasteiger partial charge in [0.2, 0.25) is 11.8 Å². The number of aryl methyl sites for hydroxylation is 1. The van der Waals surface area contributed by atoms with Crippen molar-refractivity contribution in [2.75, 3.05) is 18.0 Å². The van der Waals surface area contributed by atoms with Crippen LogP contribution in [0.1, 0.15) is 48.8 Å². The van der Waals surface area contributed by atoms with Crippen molar-refractivity contribution in [3.05, 3.63) is 123 Å². The molecule has 0 radical (unpaired) electrons. The van der Waals surface area contributed by atoms with E-state index in [-0.39, 0.29) is 46.3 Å². The first kappa shape index (κ1) is 37.5. The van der Waals surface area contributed by atoms with Crippen LogP contribution in [0.2, 0.25) is 15.1 Å². The number of nitrogens with zero attached hydrogens (tertiary/aromatic N) is 2. The molecule has 1 fully saturated rings. The van der Waals surface area contributed by atoms with Gasteiger partial charge in [-0.1, -0.05) is 108 Å². The van der Waals surface area contributed by atoms with Gasteiger partial charge in [-0.15, -0.1) is 0 Å². The summed E-state index contributed by atoms with van der Waals surface area (Å²) >= 11 is 19.7. The van der Waals surface area contributed by atoms with Crippen molar-refractivity contribution in [2.45, 2.75) is 69.0 Å². The normalized spacial score (nSPS) is 14.1. The van der Waals surface area contributed by atoms with Gasteiger partial charge in [0.25, 0.3) is 10.0 Å². The maximum absolute atomic E-state index is 14.9. The third-order valence-corrected chi connectivity index (χ3v) is 11.6. The average molecular weight is 757 g/mol. The lowest BCUT2D eigenvalue weighted by atomic mass is 9.94. The minimum Gasteiger partial charge on any atom is -0.495 e.